The molecular weight excluding hydrogens is 240 g/mol. The number of allylic oxidation sites excluding steroid dienone is 2. The van der Waals surface area contributed by atoms with E-state index in [4.69, 9.17) is 4.74 Å². The summed E-state index contributed by atoms with van der Waals surface area (Å²) >= 11 is 1.87. The third kappa shape index (κ3) is 5.65. The summed E-state index contributed by atoms with van der Waals surface area (Å²) in [5, 5.41) is 0. The zero-order valence-corrected chi connectivity index (χ0v) is 12.6. The average molecular weight is 264 g/mol. The van der Waals surface area contributed by atoms with Crippen LogP contribution in [0.15, 0.2) is 35.9 Å². The SMILES string of the molecule is CC.Cc1ccc(CCOCC2=CCCC=C2)s1. The molecule has 2 rings (SSSR count). The zero-order valence-electron chi connectivity index (χ0n) is 11.7. The minimum absolute atomic E-state index is 0.765. The van der Waals surface area contributed by atoms with Crippen LogP contribution in [-0.2, 0) is 11.2 Å². The number of hydrogen-bond acceptors (Lipinski definition) is 2. The summed E-state index contributed by atoms with van der Waals surface area (Å²) < 4.78 is 5.67. The molecule has 0 aromatic carbocycles. The zero-order chi connectivity index (χ0) is 13.2. The largest absolute Gasteiger partial charge is 0.376 e. The van der Waals surface area contributed by atoms with Crippen molar-refractivity contribution >= 4 is 11.3 Å². The molecule has 0 radical (unpaired) electrons. The lowest BCUT2D eigenvalue weighted by atomic mass is 10.1. The van der Waals surface area contributed by atoms with Gasteiger partial charge < -0.3 is 4.74 Å². The highest BCUT2D eigenvalue weighted by atomic mass is 32.1. The van der Waals surface area contributed by atoms with Crippen molar-refractivity contribution in [1.82, 2.24) is 0 Å². The minimum atomic E-state index is 0.765. The highest BCUT2D eigenvalue weighted by molar-refractivity contribution is 7.11. The quantitative estimate of drug-likeness (QED) is 0.686. The van der Waals surface area contributed by atoms with Crippen molar-refractivity contribution in [2.24, 2.45) is 0 Å². The maximum Gasteiger partial charge on any atom is 0.0713 e. The van der Waals surface area contributed by atoms with E-state index < -0.39 is 0 Å². The van der Waals surface area contributed by atoms with Gasteiger partial charge in [0.1, 0.15) is 0 Å². The fourth-order valence-corrected chi connectivity index (χ4v) is 2.63. The summed E-state index contributed by atoms with van der Waals surface area (Å²) in [5.41, 5.74) is 1.33. The second-order valence-electron chi connectivity index (χ2n) is 4.07. The molecule has 0 N–H and O–H groups in total. The minimum Gasteiger partial charge on any atom is -0.376 e. The summed E-state index contributed by atoms with van der Waals surface area (Å²) in [5.74, 6) is 0. The molecule has 1 aromatic rings. The Bertz CT molecular complexity index is 388. The Hall–Kier alpha value is -0.860. The van der Waals surface area contributed by atoms with E-state index in [2.05, 4.69) is 37.3 Å². The summed E-state index contributed by atoms with van der Waals surface area (Å²) in [6, 6.07) is 4.37. The molecule has 0 saturated heterocycles. The maximum absolute atomic E-state index is 5.67. The van der Waals surface area contributed by atoms with E-state index in [0.717, 1.165) is 19.6 Å². The molecule has 1 nitrogen and oxygen atoms in total. The molecule has 100 valence electrons. The van der Waals surface area contributed by atoms with Gasteiger partial charge in [-0.3, -0.25) is 0 Å². The predicted octanol–water partition coefficient (Wildman–Crippen LogP) is 4.92. The normalized spacial score (nSPS) is 13.8. The number of rotatable bonds is 5. The van der Waals surface area contributed by atoms with Gasteiger partial charge in [-0.2, -0.15) is 0 Å². The molecule has 0 bridgehead atoms. The monoisotopic (exact) mass is 264 g/mol. The van der Waals surface area contributed by atoms with Crippen molar-refractivity contribution in [3.63, 3.8) is 0 Å². The molecule has 1 aliphatic rings. The molecular formula is C16H24OS. The first kappa shape index (κ1) is 15.2. The van der Waals surface area contributed by atoms with E-state index in [-0.39, 0.29) is 0 Å². The van der Waals surface area contributed by atoms with E-state index in [1.807, 2.05) is 25.2 Å². The second kappa shape index (κ2) is 9.12. The topological polar surface area (TPSA) is 9.23 Å². The molecule has 1 heterocycles. The van der Waals surface area contributed by atoms with Crippen molar-refractivity contribution in [3.8, 4) is 0 Å². The molecule has 0 fully saturated rings. The average Bonchev–Trinajstić information content (AvgIpc) is 2.84. The van der Waals surface area contributed by atoms with Gasteiger partial charge in [-0.25, -0.2) is 0 Å². The molecule has 0 atom stereocenters. The summed E-state index contributed by atoms with van der Waals surface area (Å²) in [7, 11) is 0. The van der Waals surface area contributed by atoms with Gasteiger partial charge >= 0.3 is 0 Å². The summed E-state index contributed by atoms with van der Waals surface area (Å²) in [4.78, 5) is 2.80. The molecule has 18 heavy (non-hydrogen) atoms. The van der Waals surface area contributed by atoms with Gasteiger partial charge in [0.25, 0.3) is 0 Å². The van der Waals surface area contributed by atoms with Gasteiger partial charge in [-0.15, -0.1) is 11.3 Å². The highest BCUT2D eigenvalue weighted by Crippen LogP contribution is 2.16. The van der Waals surface area contributed by atoms with E-state index in [1.165, 1.54) is 28.2 Å². The molecule has 1 aliphatic carbocycles. The van der Waals surface area contributed by atoms with Gasteiger partial charge in [0, 0.05) is 16.2 Å². The summed E-state index contributed by atoms with van der Waals surface area (Å²) in [6.07, 6.45) is 10.1. The van der Waals surface area contributed by atoms with Crippen molar-refractivity contribution in [2.75, 3.05) is 13.2 Å². The first-order valence-electron chi connectivity index (χ1n) is 6.83. The Morgan fingerprint density at radius 3 is 2.67 bits per heavy atom. The van der Waals surface area contributed by atoms with Gasteiger partial charge in [0.15, 0.2) is 0 Å². The van der Waals surface area contributed by atoms with Gasteiger partial charge in [-0.05, 0) is 37.5 Å². The predicted molar refractivity (Wildman–Crippen MR) is 81.4 cm³/mol. The van der Waals surface area contributed by atoms with Crippen LogP contribution < -0.4 is 0 Å². The van der Waals surface area contributed by atoms with Crippen LogP contribution in [0.4, 0.5) is 0 Å². The molecule has 1 aromatic heterocycles. The lowest BCUT2D eigenvalue weighted by Gasteiger charge is -2.07. The smallest absolute Gasteiger partial charge is 0.0713 e. The molecule has 0 spiro atoms. The second-order valence-corrected chi connectivity index (χ2v) is 5.45. The molecule has 2 heteroatoms. The fourth-order valence-electron chi connectivity index (χ4n) is 1.76. The van der Waals surface area contributed by atoms with Crippen LogP contribution in [0, 0.1) is 6.92 Å². The van der Waals surface area contributed by atoms with Crippen LogP contribution in [0.1, 0.15) is 36.4 Å². The van der Waals surface area contributed by atoms with Gasteiger partial charge in [-0.1, -0.05) is 32.1 Å². The Morgan fingerprint density at radius 1 is 1.22 bits per heavy atom. The molecule has 0 unspecified atom stereocenters. The fraction of sp³-hybridized carbons (Fsp3) is 0.500. The Morgan fingerprint density at radius 2 is 2.06 bits per heavy atom. The molecule has 0 amide bonds. The number of aryl methyl sites for hydroxylation is 1. The third-order valence-electron chi connectivity index (χ3n) is 2.63. The number of ether oxygens (including phenoxy) is 1. The standard InChI is InChI=1S/C14H18OS.C2H6/c1-12-7-8-14(16-12)9-10-15-11-13-5-3-2-4-6-13;1-2/h3,5-8H,2,4,9-11H2,1H3;1-2H3. The van der Waals surface area contributed by atoms with Crippen LogP contribution in [0.5, 0.6) is 0 Å². The van der Waals surface area contributed by atoms with Crippen molar-refractivity contribution in [1.29, 1.82) is 0 Å². The Labute approximate surface area is 115 Å². The van der Waals surface area contributed by atoms with E-state index in [9.17, 15) is 0 Å². The van der Waals surface area contributed by atoms with Crippen LogP contribution in [0.2, 0.25) is 0 Å². The maximum atomic E-state index is 5.67. The first-order valence-corrected chi connectivity index (χ1v) is 7.65. The molecule has 0 aliphatic heterocycles. The van der Waals surface area contributed by atoms with E-state index in [0.29, 0.717) is 0 Å². The van der Waals surface area contributed by atoms with Crippen LogP contribution in [0.25, 0.3) is 0 Å². The van der Waals surface area contributed by atoms with Crippen molar-refractivity contribution in [3.05, 3.63) is 45.7 Å². The van der Waals surface area contributed by atoms with Crippen LogP contribution in [-0.4, -0.2) is 13.2 Å². The van der Waals surface area contributed by atoms with Crippen molar-refractivity contribution < 1.29 is 4.74 Å². The molecule has 0 saturated carbocycles. The Kier molecular flexibility index (Phi) is 7.70. The van der Waals surface area contributed by atoms with Crippen LogP contribution >= 0.6 is 11.3 Å². The number of thiophene rings is 1. The Balaban J connectivity index is 0.000000771. The van der Waals surface area contributed by atoms with Crippen molar-refractivity contribution in [2.45, 2.75) is 40.0 Å². The van der Waals surface area contributed by atoms with Crippen LogP contribution in [0.3, 0.4) is 0 Å². The van der Waals surface area contributed by atoms with E-state index >= 15 is 0 Å². The lowest BCUT2D eigenvalue weighted by molar-refractivity contribution is 0.161. The van der Waals surface area contributed by atoms with Gasteiger partial charge in [0.2, 0.25) is 0 Å². The number of hydrogen-bond donors (Lipinski definition) is 0. The first-order chi connectivity index (χ1) is 8.84. The third-order valence-corrected chi connectivity index (χ3v) is 3.69. The summed E-state index contributed by atoms with van der Waals surface area (Å²) in [6.45, 7) is 7.73. The van der Waals surface area contributed by atoms with E-state index in [1.54, 1.807) is 0 Å². The van der Waals surface area contributed by atoms with Gasteiger partial charge in [0.05, 0.1) is 13.2 Å². The highest BCUT2D eigenvalue weighted by Gasteiger charge is 1.99. The lowest BCUT2D eigenvalue weighted by Crippen LogP contribution is -2.01.